The predicted octanol–water partition coefficient (Wildman–Crippen LogP) is 1.95. The lowest BCUT2D eigenvalue weighted by Crippen LogP contribution is -2.30. The topological polar surface area (TPSA) is 106 Å². The molecule has 9 nitrogen and oxygen atoms in total. The van der Waals surface area contributed by atoms with Gasteiger partial charge in [0.2, 0.25) is 10.0 Å². The molecule has 1 N–H and O–H groups in total. The number of aromatic nitrogens is 3. The van der Waals surface area contributed by atoms with Crippen LogP contribution in [0.4, 0.5) is 0 Å². The number of aryl methyl sites for hydroxylation is 2. The Morgan fingerprint density at radius 2 is 1.90 bits per heavy atom. The molecule has 3 rings (SSSR count). The third-order valence-electron chi connectivity index (χ3n) is 4.97. The molecule has 0 bridgehead atoms. The molecule has 0 atom stereocenters. The lowest BCUT2D eigenvalue weighted by atomic mass is 10.3. The third-order valence-corrected chi connectivity index (χ3v) is 6.99. The average molecular weight is 435 g/mol. The molecule has 2 aromatic heterocycles. The lowest BCUT2D eigenvalue weighted by molar-refractivity contribution is 0.0485. The van der Waals surface area contributed by atoms with Crippen molar-refractivity contribution in [3.05, 3.63) is 52.7 Å². The minimum atomic E-state index is -3.65. The number of aromatic amines is 1. The highest BCUT2D eigenvalue weighted by Crippen LogP contribution is 2.19. The molecule has 0 aliphatic heterocycles. The van der Waals surface area contributed by atoms with Crippen molar-refractivity contribution in [1.82, 2.24) is 18.4 Å². The number of nitrogens with one attached hydrogen (secondary N) is 1. The Hall–Kier alpha value is -2.85. The summed E-state index contributed by atoms with van der Waals surface area (Å²) in [6.45, 7) is 4.72. The monoisotopic (exact) mass is 434 g/mol. The highest BCUT2D eigenvalue weighted by atomic mass is 32.2. The summed E-state index contributed by atoms with van der Waals surface area (Å²) < 4.78 is 35.0. The van der Waals surface area contributed by atoms with Crippen LogP contribution in [0, 0.1) is 0 Å². The third kappa shape index (κ3) is 4.19. The number of fused-ring (bicyclic) bond motifs is 1. The summed E-state index contributed by atoms with van der Waals surface area (Å²) in [6.07, 6.45) is 1.86. The number of imidazole rings is 1. The zero-order valence-electron chi connectivity index (χ0n) is 17.3. The smallest absolute Gasteiger partial charge is 0.354 e. The minimum Gasteiger partial charge on any atom is -0.461 e. The highest BCUT2D eigenvalue weighted by Gasteiger charge is 2.25. The van der Waals surface area contributed by atoms with Crippen molar-refractivity contribution in [3.8, 4) is 0 Å². The Morgan fingerprint density at radius 3 is 2.60 bits per heavy atom. The molecule has 0 radical (unpaired) electrons. The molecule has 30 heavy (non-hydrogen) atoms. The number of hydrogen-bond donors (Lipinski definition) is 1. The van der Waals surface area contributed by atoms with Crippen LogP contribution in [0.1, 0.15) is 30.8 Å². The van der Waals surface area contributed by atoms with Gasteiger partial charge in [0.15, 0.2) is 0 Å². The summed E-state index contributed by atoms with van der Waals surface area (Å²) >= 11 is 0. The van der Waals surface area contributed by atoms with E-state index in [1.54, 1.807) is 25.5 Å². The predicted molar refractivity (Wildman–Crippen MR) is 113 cm³/mol. The van der Waals surface area contributed by atoms with E-state index in [0.717, 1.165) is 11.0 Å². The Bertz CT molecular complexity index is 1200. The Morgan fingerprint density at radius 1 is 1.20 bits per heavy atom. The molecule has 3 aromatic rings. The first-order valence-corrected chi connectivity index (χ1v) is 11.2. The van der Waals surface area contributed by atoms with Gasteiger partial charge in [-0.25, -0.2) is 18.0 Å². The van der Waals surface area contributed by atoms with Crippen molar-refractivity contribution < 1.29 is 17.9 Å². The molecule has 0 aliphatic rings. The van der Waals surface area contributed by atoms with Gasteiger partial charge in [0.25, 0.3) is 0 Å². The van der Waals surface area contributed by atoms with E-state index in [1.165, 1.54) is 21.1 Å². The second-order valence-electron chi connectivity index (χ2n) is 6.85. The SMILES string of the molecule is CCN(CC)S(=O)(=O)c1cc(C(=O)OCCCn2c(=O)[nH]c3ccccc32)n(C)c1. The molecule has 0 aliphatic carbocycles. The number of ether oxygens (including phenoxy) is 1. The van der Waals surface area contributed by atoms with Crippen LogP contribution in [-0.4, -0.2) is 52.5 Å². The normalized spacial score (nSPS) is 12.0. The summed E-state index contributed by atoms with van der Waals surface area (Å²) in [5.41, 5.74) is 1.49. The largest absolute Gasteiger partial charge is 0.461 e. The van der Waals surface area contributed by atoms with Crippen molar-refractivity contribution in [2.24, 2.45) is 7.05 Å². The van der Waals surface area contributed by atoms with Gasteiger partial charge in [0, 0.05) is 32.9 Å². The summed E-state index contributed by atoms with van der Waals surface area (Å²) in [4.78, 5) is 27.3. The lowest BCUT2D eigenvalue weighted by Gasteiger charge is -2.17. The maximum absolute atomic E-state index is 12.6. The van der Waals surface area contributed by atoms with Gasteiger partial charge in [-0.2, -0.15) is 4.31 Å². The second-order valence-corrected chi connectivity index (χ2v) is 8.79. The number of nitrogens with zero attached hydrogens (tertiary/aromatic N) is 3. The maximum Gasteiger partial charge on any atom is 0.354 e. The fourth-order valence-corrected chi connectivity index (χ4v) is 4.91. The van der Waals surface area contributed by atoms with Crippen LogP contribution < -0.4 is 5.69 Å². The van der Waals surface area contributed by atoms with E-state index in [2.05, 4.69) is 4.98 Å². The van der Waals surface area contributed by atoms with Crippen LogP contribution >= 0.6 is 0 Å². The first-order chi connectivity index (χ1) is 14.3. The number of carbonyl (C=O) groups excluding carboxylic acids is 1. The van der Waals surface area contributed by atoms with Crippen molar-refractivity contribution in [2.75, 3.05) is 19.7 Å². The highest BCUT2D eigenvalue weighted by molar-refractivity contribution is 7.89. The zero-order valence-corrected chi connectivity index (χ0v) is 18.1. The Kier molecular flexibility index (Phi) is 6.47. The molecular formula is C20H26N4O5S. The fraction of sp³-hybridized carbons (Fsp3) is 0.400. The molecule has 0 spiro atoms. The molecule has 0 saturated heterocycles. The molecule has 0 unspecified atom stereocenters. The first kappa shape index (κ1) is 21.8. The number of rotatable bonds is 9. The number of sulfonamides is 1. The molecule has 162 valence electrons. The number of carbonyl (C=O) groups is 1. The molecular weight excluding hydrogens is 408 g/mol. The van der Waals surface area contributed by atoms with E-state index >= 15 is 0 Å². The number of benzene rings is 1. The van der Waals surface area contributed by atoms with E-state index in [4.69, 9.17) is 4.74 Å². The van der Waals surface area contributed by atoms with Gasteiger partial charge in [-0.15, -0.1) is 0 Å². The van der Waals surface area contributed by atoms with Gasteiger partial charge >= 0.3 is 11.7 Å². The average Bonchev–Trinajstić information content (AvgIpc) is 3.26. The second kappa shape index (κ2) is 8.88. The zero-order chi connectivity index (χ0) is 21.9. The van der Waals surface area contributed by atoms with Crippen LogP contribution in [0.5, 0.6) is 0 Å². The van der Waals surface area contributed by atoms with Crippen LogP contribution in [0.15, 0.2) is 46.2 Å². The standard InChI is InChI=1S/C20H26N4O5S/c1-4-23(5-2)30(27,28)15-13-18(22(3)14-15)19(25)29-12-8-11-24-17-10-7-6-9-16(17)21-20(24)26/h6-7,9-10,13-14H,4-5,8,11-12H2,1-3H3,(H,21,26). The molecule has 0 saturated carbocycles. The van der Waals surface area contributed by atoms with Gasteiger partial charge < -0.3 is 14.3 Å². The van der Waals surface area contributed by atoms with Gasteiger partial charge in [0.05, 0.1) is 17.6 Å². The van der Waals surface area contributed by atoms with E-state index in [9.17, 15) is 18.0 Å². The molecule has 0 amide bonds. The van der Waals surface area contributed by atoms with Crippen molar-refractivity contribution in [2.45, 2.75) is 31.7 Å². The van der Waals surface area contributed by atoms with E-state index in [1.807, 2.05) is 24.3 Å². The van der Waals surface area contributed by atoms with Crippen molar-refractivity contribution in [3.63, 3.8) is 0 Å². The first-order valence-electron chi connectivity index (χ1n) is 9.80. The van der Waals surface area contributed by atoms with Crippen LogP contribution in [0.2, 0.25) is 0 Å². The van der Waals surface area contributed by atoms with Crippen LogP contribution in [-0.2, 0) is 28.4 Å². The molecule has 0 fully saturated rings. The van der Waals surface area contributed by atoms with Gasteiger partial charge in [0.1, 0.15) is 10.6 Å². The number of para-hydroxylation sites is 2. The Balaban J connectivity index is 1.64. The molecule has 1 aromatic carbocycles. The summed E-state index contributed by atoms with van der Waals surface area (Å²) in [5.74, 6) is -0.607. The van der Waals surface area contributed by atoms with Crippen LogP contribution in [0.25, 0.3) is 11.0 Å². The quantitative estimate of drug-likeness (QED) is 0.409. The van der Waals surface area contributed by atoms with Crippen LogP contribution in [0.3, 0.4) is 0 Å². The Labute approximate surface area is 174 Å². The van der Waals surface area contributed by atoms with Gasteiger partial charge in [-0.1, -0.05) is 26.0 Å². The van der Waals surface area contributed by atoms with E-state index in [-0.39, 0.29) is 22.9 Å². The molecule has 2 heterocycles. The summed E-state index contributed by atoms with van der Waals surface area (Å²) in [6, 6.07) is 8.71. The van der Waals surface area contributed by atoms with E-state index < -0.39 is 16.0 Å². The fourth-order valence-electron chi connectivity index (χ4n) is 3.38. The van der Waals surface area contributed by atoms with E-state index in [0.29, 0.717) is 26.1 Å². The number of esters is 1. The maximum atomic E-state index is 12.6. The number of hydrogen-bond acceptors (Lipinski definition) is 5. The minimum absolute atomic E-state index is 0.0611. The van der Waals surface area contributed by atoms with Crippen molar-refractivity contribution >= 4 is 27.0 Å². The van der Waals surface area contributed by atoms with Gasteiger partial charge in [-0.3, -0.25) is 4.57 Å². The molecule has 10 heteroatoms. The van der Waals surface area contributed by atoms with Crippen molar-refractivity contribution in [1.29, 1.82) is 0 Å². The van der Waals surface area contributed by atoms with Gasteiger partial charge in [-0.05, 0) is 24.6 Å². The summed E-state index contributed by atoms with van der Waals surface area (Å²) in [5, 5.41) is 0. The number of H-pyrrole nitrogens is 1. The summed E-state index contributed by atoms with van der Waals surface area (Å²) in [7, 11) is -2.05.